The van der Waals surface area contributed by atoms with Crippen LogP contribution in [-0.2, 0) is 14.4 Å². The van der Waals surface area contributed by atoms with E-state index >= 15 is 0 Å². The smallest absolute Gasteiger partial charge is 0.234 e. The standard InChI is InChI=1S/C11H20N2O3.C2H6.H2/c1-8(2)4-10(7-14)13-11(16)6-12-5-9(3)15;1-2;/h7-8,10,12H,4-6H2,1-3H3,(H,13,16);1-2H3;1H/t10-;;/m0../s1. The SMILES string of the molecule is CC.CC(=O)CNCC(=O)N[C@H](C=O)CC(C)C.[HH]. The van der Waals surface area contributed by atoms with E-state index in [9.17, 15) is 14.4 Å². The summed E-state index contributed by atoms with van der Waals surface area (Å²) < 4.78 is 0. The Morgan fingerprint density at radius 1 is 1.22 bits per heavy atom. The van der Waals surface area contributed by atoms with Crippen LogP contribution in [0.4, 0.5) is 0 Å². The van der Waals surface area contributed by atoms with Gasteiger partial charge in [0.25, 0.3) is 0 Å². The summed E-state index contributed by atoms with van der Waals surface area (Å²) >= 11 is 0. The lowest BCUT2D eigenvalue weighted by Crippen LogP contribution is -2.42. The molecule has 0 aromatic rings. The van der Waals surface area contributed by atoms with Crippen LogP contribution < -0.4 is 10.6 Å². The maximum absolute atomic E-state index is 11.3. The molecule has 0 heterocycles. The number of rotatable bonds is 8. The van der Waals surface area contributed by atoms with Crippen molar-refractivity contribution < 1.29 is 15.8 Å². The molecule has 0 aliphatic carbocycles. The lowest BCUT2D eigenvalue weighted by atomic mass is 10.1. The Kier molecular flexibility index (Phi) is 13.0. The van der Waals surface area contributed by atoms with E-state index in [1.54, 1.807) is 0 Å². The predicted octanol–water partition coefficient (Wildman–Crippen LogP) is 1.17. The summed E-state index contributed by atoms with van der Waals surface area (Å²) in [6.45, 7) is 9.64. The first-order chi connectivity index (χ1) is 8.45. The van der Waals surface area contributed by atoms with Crippen molar-refractivity contribution in [2.75, 3.05) is 13.1 Å². The topological polar surface area (TPSA) is 75.3 Å². The van der Waals surface area contributed by atoms with Gasteiger partial charge in [0.15, 0.2) is 0 Å². The summed E-state index contributed by atoms with van der Waals surface area (Å²) in [5, 5.41) is 5.28. The number of amides is 1. The molecule has 108 valence electrons. The zero-order chi connectivity index (χ0) is 14.6. The van der Waals surface area contributed by atoms with Crippen molar-refractivity contribution in [3.8, 4) is 0 Å². The first-order valence-electron chi connectivity index (χ1n) is 6.40. The van der Waals surface area contributed by atoms with E-state index in [-0.39, 0.29) is 26.2 Å². The predicted molar refractivity (Wildman–Crippen MR) is 74.5 cm³/mol. The summed E-state index contributed by atoms with van der Waals surface area (Å²) in [5.74, 6) is 0.0570. The van der Waals surface area contributed by atoms with E-state index in [1.165, 1.54) is 6.92 Å². The number of carbonyl (C=O) groups is 3. The lowest BCUT2D eigenvalue weighted by molar-refractivity contribution is -0.123. The molecule has 0 saturated carbocycles. The summed E-state index contributed by atoms with van der Waals surface area (Å²) in [5.41, 5.74) is 0. The van der Waals surface area contributed by atoms with Crippen LogP contribution in [0.2, 0.25) is 0 Å². The summed E-state index contributed by atoms with van der Waals surface area (Å²) in [6.07, 6.45) is 1.37. The molecule has 0 aromatic heterocycles. The van der Waals surface area contributed by atoms with Gasteiger partial charge >= 0.3 is 0 Å². The summed E-state index contributed by atoms with van der Waals surface area (Å²) in [7, 11) is 0. The number of hydrogen-bond acceptors (Lipinski definition) is 4. The third-order valence-corrected chi connectivity index (χ3v) is 1.90. The molecule has 0 aliphatic rings. The van der Waals surface area contributed by atoms with Crippen LogP contribution in [0.3, 0.4) is 0 Å². The molecular weight excluding hydrogens is 232 g/mol. The highest BCUT2D eigenvalue weighted by molar-refractivity contribution is 5.82. The number of nitrogens with one attached hydrogen (secondary N) is 2. The molecule has 0 saturated heterocycles. The van der Waals surface area contributed by atoms with Crippen molar-refractivity contribution in [3.05, 3.63) is 0 Å². The van der Waals surface area contributed by atoms with Crippen LogP contribution in [0.5, 0.6) is 0 Å². The van der Waals surface area contributed by atoms with Crippen molar-refractivity contribution in [1.82, 2.24) is 10.6 Å². The Labute approximate surface area is 111 Å². The molecule has 5 heteroatoms. The van der Waals surface area contributed by atoms with Crippen molar-refractivity contribution in [2.24, 2.45) is 5.92 Å². The highest BCUT2D eigenvalue weighted by Crippen LogP contribution is 2.02. The number of Topliss-reactive ketones (excluding diaryl/α,β-unsaturated/α-hetero) is 1. The van der Waals surface area contributed by atoms with Gasteiger partial charge in [0.05, 0.1) is 19.1 Å². The Morgan fingerprint density at radius 3 is 2.17 bits per heavy atom. The Bertz CT molecular complexity index is 258. The Hall–Kier alpha value is -1.23. The fourth-order valence-corrected chi connectivity index (χ4v) is 1.27. The van der Waals surface area contributed by atoms with Gasteiger partial charge in [-0.1, -0.05) is 27.7 Å². The third kappa shape index (κ3) is 12.8. The van der Waals surface area contributed by atoms with Crippen LogP contribution in [-0.4, -0.2) is 37.1 Å². The van der Waals surface area contributed by atoms with Crippen LogP contribution in [0.25, 0.3) is 0 Å². The molecule has 18 heavy (non-hydrogen) atoms. The fraction of sp³-hybridized carbons (Fsp3) is 0.769. The monoisotopic (exact) mass is 260 g/mol. The lowest BCUT2D eigenvalue weighted by Gasteiger charge is -2.14. The van der Waals surface area contributed by atoms with E-state index in [0.717, 1.165) is 6.29 Å². The third-order valence-electron chi connectivity index (χ3n) is 1.90. The van der Waals surface area contributed by atoms with Crippen molar-refractivity contribution in [1.29, 1.82) is 0 Å². The van der Waals surface area contributed by atoms with E-state index < -0.39 is 6.04 Å². The second kappa shape index (κ2) is 12.2. The molecule has 1 amide bonds. The molecule has 5 nitrogen and oxygen atoms in total. The highest BCUT2D eigenvalue weighted by Gasteiger charge is 2.12. The van der Waals surface area contributed by atoms with Gasteiger partial charge in [0.2, 0.25) is 5.91 Å². The number of hydrogen-bond donors (Lipinski definition) is 2. The van der Waals surface area contributed by atoms with Gasteiger partial charge in [-0.15, -0.1) is 0 Å². The van der Waals surface area contributed by atoms with Gasteiger partial charge in [-0.25, -0.2) is 0 Å². The Morgan fingerprint density at radius 2 is 1.78 bits per heavy atom. The van der Waals surface area contributed by atoms with E-state index in [4.69, 9.17) is 0 Å². The summed E-state index contributed by atoms with van der Waals surface area (Å²) in [4.78, 5) is 32.6. The van der Waals surface area contributed by atoms with Crippen molar-refractivity contribution in [2.45, 2.75) is 47.1 Å². The maximum atomic E-state index is 11.3. The van der Waals surface area contributed by atoms with Crippen LogP contribution >= 0.6 is 0 Å². The minimum absolute atomic E-state index is 0. The molecular formula is C13H28N2O3. The second-order valence-corrected chi connectivity index (χ2v) is 4.25. The fourth-order valence-electron chi connectivity index (χ4n) is 1.27. The molecule has 2 N–H and O–H groups in total. The molecule has 0 spiro atoms. The van der Waals surface area contributed by atoms with Crippen molar-refractivity contribution >= 4 is 18.0 Å². The van der Waals surface area contributed by atoms with Gasteiger partial charge in [-0.2, -0.15) is 0 Å². The van der Waals surface area contributed by atoms with E-state index in [0.29, 0.717) is 12.3 Å². The first-order valence-corrected chi connectivity index (χ1v) is 6.40. The molecule has 0 fully saturated rings. The molecule has 0 rings (SSSR count). The highest BCUT2D eigenvalue weighted by atomic mass is 16.2. The molecule has 0 aliphatic heterocycles. The second-order valence-electron chi connectivity index (χ2n) is 4.25. The minimum Gasteiger partial charge on any atom is -0.345 e. The molecule has 0 unspecified atom stereocenters. The quantitative estimate of drug-likeness (QED) is 0.642. The number of ketones is 1. The summed E-state index contributed by atoms with van der Waals surface area (Å²) in [6, 6.07) is -0.438. The van der Waals surface area contributed by atoms with E-state index in [1.807, 2.05) is 27.7 Å². The average molecular weight is 260 g/mol. The van der Waals surface area contributed by atoms with Gasteiger partial charge in [0.1, 0.15) is 12.1 Å². The Balaban J connectivity index is -0.000000809. The van der Waals surface area contributed by atoms with Gasteiger partial charge < -0.3 is 15.4 Å². The van der Waals surface area contributed by atoms with Gasteiger partial charge in [-0.05, 0) is 19.3 Å². The molecule has 0 radical (unpaired) electrons. The van der Waals surface area contributed by atoms with E-state index in [2.05, 4.69) is 10.6 Å². The molecule has 1 atom stereocenters. The van der Waals surface area contributed by atoms with Crippen molar-refractivity contribution in [3.63, 3.8) is 0 Å². The minimum atomic E-state index is -0.438. The van der Waals surface area contributed by atoms with Crippen LogP contribution in [0.1, 0.15) is 42.5 Å². The zero-order valence-electron chi connectivity index (χ0n) is 12.1. The zero-order valence-corrected chi connectivity index (χ0v) is 12.1. The average Bonchev–Trinajstić information content (AvgIpc) is 2.29. The van der Waals surface area contributed by atoms with Crippen LogP contribution in [0.15, 0.2) is 0 Å². The maximum Gasteiger partial charge on any atom is 0.234 e. The molecule has 0 aromatic carbocycles. The number of carbonyl (C=O) groups excluding carboxylic acids is 3. The van der Waals surface area contributed by atoms with Gasteiger partial charge in [0, 0.05) is 1.43 Å². The molecule has 0 bridgehead atoms. The normalized spacial score (nSPS) is 11.2. The number of aldehydes is 1. The largest absolute Gasteiger partial charge is 0.345 e. The van der Waals surface area contributed by atoms with Gasteiger partial charge in [-0.3, -0.25) is 9.59 Å². The van der Waals surface area contributed by atoms with Crippen LogP contribution in [0, 0.1) is 5.92 Å². The first kappa shape index (κ1) is 19.1.